The molecular weight excluding hydrogens is 328 g/mol. The standard InChI is InChI=1S/C14H10BrF2N3/c1-7-6-8(2-3-9(7)15)20-13-11(19-14(20)18)5-4-10(16)12(13)17/h2-6H,1H3,(H2,18,19). The molecule has 1 heterocycles. The highest BCUT2D eigenvalue weighted by Gasteiger charge is 2.17. The Labute approximate surface area is 122 Å². The molecule has 0 atom stereocenters. The molecule has 3 aromatic rings. The van der Waals surface area contributed by atoms with Crippen LogP contribution in [0.15, 0.2) is 34.8 Å². The number of aromatic nitrogens is 2. The number of rotatable bonds is 1. The first-order valence-corrected chi connectivity index (χ1v) is 6.67. The minimum absolute atomic E-state index is 0.0456. The number of hydrogen-bond acceptors (Lipinski definition) is 2. The van der Waals surface area contributed by atoms with Crippen LogP contribution in [-0.4, -0.2) is 9.55 Å². The van der Waals surface area contributed by atoms with Gasteiger partial charge in [-0.1, -0.05) is 15.9 Å². The number of fused-ring (bicyclic) bond motifs is 1. The third kappa shape index (κ3) is 1.87. The van der Waals surface area contributed by atoms with Gasteiger partial charge in [0.05, 0.1) is 5.52 Å². The van der Waals surface area contributed by atoms with Gasteiger partial charge < -0.3 is 5.73 Å². The Balaban J connectivity index is 2.38. The highest BCUT2D eigenvalue weighted by molar-refractivity contribution is 9.10. The normalized spacial score (nSPS) is 11.2. The third-order valence-electron chi connectivity index (χ3n) is 3.14. The van der Waals surface area contributed by atoms with Crippen LogP contribution in [0.3, 0.4) is 0 Å². The smallest absolute Gasteiger partial charge is 0.206 e. The second-order valence-electron chi connectivity index (χ2n) is 4.47. The minimum Gasteiger partial charge on any atom is -0.369 e. The minimum atomic E-state index is -0.952. The van der Waals surface area contributed by atoms with Gasteiger partial charge in [0, 0.05) is 10.2 Å². The first kappa shape index (κ1) is 13.1. The van der Waals surface area contributed by atoms with E-state index in [0.29, 0.717) is 11.2 Å². The van der Waals surface area contributed by atoms with Crippen molar-refractivity contribution in [1.82, 2.24) is 9.55 Å². The molecule has 6 heteroatoms. The fourth-order valence-corrected chi connectivity index (χ4v) is 2.40. The summed E-state index contributed by atoms with van der Waals surface area (Å²) in [7, 11) is 0. The quantitative estimate of drug-likeness (QED) is 0.730. The lowest BCUT2D eigenvalue weighted by atomic mass is 10.2. The lowest BCUT2D eigenvalue weighted by Crippen LogP contribution is -2.02. The molecule has 0 spiro atoms. The van der Waals surface area contributed by atoms with Crippen molar-refractivity contribution in [1.29, 1.82) is 0 Å². The Kier molecular flexibility index (Phi) is 2.97. The van der Waals surface area contributed by atoms with Crippen LogP contribution in [0.1, 0.15) is 5.56 Å². The number of aryl methyl sites for hydroxylation is 1. The van der Waals surface area contributed by atoms with Crippen molar-refractivity contribution >= 4 is 32.9 Å². The van der Waals surface area contributed by atoms with Crippen molar-refractivity contribution in [3.63, 3.8) is 0 Å². The summed E-state index contributed by atoms with van der Waals surface area (Å²) in [6.07, 6.45) is 0. The lowest BCUT2D eigenvalue weighted by Gasteiger charge is -2.09. The summed E-state index contributed by atoms with van der Waals surface area (Å²) in [5.41, 5.74) is 7.80. The lowest BCUT2D eigenvalue weighted by molar-refractivity contribution is 0.514. The summed E-state index contributed by atoms with van der Waals surface area (Å²) in [6, 6.07) is 7.87. The van der Waals surface area contributed by atoms with E-state index in [2.05, 4.69) is 20.9 Å². The van der Waals surface area contributed by atoms with Gasteiger partial charge in [0.2, 0.25) is 5.95 Å². The van der Waals surface area contributed by atoms with E-state index >= 15 is 0 Å². The highest BCUT2D eigenvalue weighted by atomic mass is 79.9. The molecule has 0 fully saturated rings. The summed E-state index contributed by atoms with van der Waals surface area (Å²) in [6.45, 7) is 1.90. The van der Waals surface area contributed by atoms with Gasteiger partial charge >= 0.3 is 0 Å². The number of benzene rings is 2. The monoisotopic (exact) mass is 337 g/mol. The first-order valence-electron chi connectivity index (χ1n) is 5.87. The van der Waals surface area contributed by atoms with E-state index in [1.165, 1.54) is 10.6 Å². The van der Waals surface area contributed by atoms with Gasteiger partial charge in [-0.2, -0.15) is 0 Å². The second-order valence-corrected chi connectivity index (χ2v) is 5.32. The van der Waals surface area contributed by atoms with Crippen LogP contribution >= 0.6 is 15.9 Å². The van der Waals surface area contributed by atoms with Crippen LogP contribution in [0.4, 0.5) is 14.7 Å². The van der Waals surface area contributed by atoms with Gasteiger partial charge in [-0.15, -0.1) is 0 Å². The molecule has 102 valence electrons. The van der Waals surface area contributed by atoms with Crippen LogP contribution < -0.4 is 5.73 Å². The molecule has 2 N–H and O–H groups in total. The molecular formula is C14H10BrF2N3. The molecule has 0 aliphatic rings. The van der Waals surface area contributed by atoms with Crippen molar-refractivity contribution < 1.29 is 8.78 Å². The van der Waals surface area contributed by atoms with Gasteiger partial charge in [-0.25, -0.2) is 13.8 Å². The van der Waals surface area contributed by atoms with E-state index in [9.17, 15) is 8.78 Å². The second kappa shape index (κ2) is 4.56. The van der Waals surface area contributed by atoms with Gasteiger partial charge in [0.25, 0.3) is 0 Å². The summed E-state index contributed by atoms with van der Waals surface area (Å²) >= 11 is 3.40. The zero-order chi connectivity index (χ0) is 14.4. The fraction of sp³-hybridized carbons (Fsp3) is 0.0714. The van der Waals surface area contributed by atoms with Gasteiger partial charge in [0.15, 0.2) is 11.6 Å². The summed E-state index contributed by atoms with van der Waals surface area (Å²) in [5.74, 6) is -1.76. The van der Waals surface area contributed by atoms with Crippen LogP contribution in [-0.2, 0) is 0 Å². The summed E-state index contributed by atoms with van der Waals surface area (Å²) < 4.78 is 29.8. The molecule has 0 saturated heterocycles. The Morgan fingerprint density at radius 1 is 1.20 bits per heavy atom. The van der Waals surface area contributed by atoms with Crippen LogP contribution in [0, 0.1) is 18.6 Å². The number of halogens is 3. The fourth-order valence-electron chi connectivity index (χ4n) is 2.15. The average molecular weight is 338 g/mol. The Hall–Kier alpha value is -1.95. The zero-order valence-electron chi connectivity index (χ0n) is 10.5. The Morgan fingerprint density at radius 2 is 1.95 bits per heavy atom. The zero-order valence-corrected chi connectivity index (χ0v) is 12.1. The molecule has 3 nitrogen and oxygen atoms in total. The van der Waals surface area contributed by atoms with E-state index in [-0.39, 0.29) is 11.5 Å². The maximum absolute atomic E-state index is 14.0. The number of nitrogen functional groups attached to an aromatic ring is 1. The molecule has 0 amide bonds. The first-order chi connectivity index (χ1) is 9.49. The number of imidazole rings is 1. The number of nitrogens with zero attached hydrogens (tertiary/aromatic N) is 2. The van der Waals surface area contributed by atoms with Crippen molar-refractivity contribution in [2.45, 2.75) is 6.92 Å². The number of anilines is 1. The molecule has 0 aliphatic heterocycles. The maximum Gasteiger partial charge on any atom is 0.206 e. The molecule has 0 unspecified atom stereocenters. The van der Waals surface area contributed by atoms with Crippen LogP contribution in [0.25, 0.3) is 16.7 Å². The predicted octanol–water partition coefficient (Wildman–Crippen LogP) is 3.96. The molecule has 0 bridgehead atoms. The third-order valence-corrected chi connectivity index (χ3v) is 4.02. The van der Waals surface area contributed by atoms with E-state index in [0.717, 1.165) is 16.1 Å². The molecule has 3 rings (SSSR count). The Bertz CT molecular complexity index is 827. The molecule has 2 aromatic carbocycles. The largest absolute Gasteiger partial charge is 0.369 e. The van der Waals surface area contributed by atoms with Gasteiger partial charge in [0.1, 0.15) is 5.52 Å². The van der Waals surface area contributed by atoms with Crippen molar-refractivity contribution in [3.05, 3.63) is 52.0 Å². The van der Waals surface area contributed by atoms with E-state index in [4.69, 9.17) is 5.73 Å². The highest BCUT2D eigenvalue weighted by Crippen LogP contribution is 2.28. The van der Waals surface area contributed by atoms with Crippen LogP contribution in [0.2, 0.25) is 0 Å². The van der Waals surface area contributed by atoms with Gasteiger partial charge in [-0.3, -0.25) is 4.57 Å². The summed E-state index contributed by atoms with van der Waals surface area (Å²) in [4.78, 5) is 4.07. The molecule has 20 heavy (non-hydrogen) atoms. The molecule has 1 aromatic heterocycles. The van der Waals surface area contributed by atoms with E-state index in [1.807, 2.05) is 19.1 Å². The maximum atomic E-state index is 14.0. The topological polar surface area (TPSA) is 43.8 Å². The van der Waals surface area contributed by atoms with Gasteiger partial charge in [-0.05, 0) is 42.8 Å². The predicted molar refractivity (Wildman–Crippen MR) is 77.8 cm³/mol. The SMILES string of the molecule is Cc1cc(-n2c(N)nc3ccc(F)c(F)c32)ccc1Br. The average Bonchev–Trinajstić information content (AvgIpc) is 2.74. The summed E-state index contributed by atoms with van der Waals surface area (Å²) in [5, 5.41) is 0. The number of nitrogens with two attached hydrogens (primary N) is 1. The van der Waals surface area contributed by atoms with Crippen molar-refractivity contribution in [2.75, 3.05) is 5.73 Å². The Morgan fingerprint density at radius 3 is 2.65 bits per heavy atom. The molecule has 0 radical (unpaired) electrons. The van der Waals surface area contributed by atoms with E-state index < -0.39 is 11.6 Å². The molecule has 0 saturated carbocycles. The number of hydrogen-bond donors (Lipinski definition) is 1. The molecule has 0 aliphatic carbocycles. The van der Waals surface area contributed by atoms with Crippen molar-refractivity contribution in [3.8, 4) is 5.69 Å². The van der Waals surface area contributed by atoms with E-state index in [1.54, 1.807) is 6.07 Å². The van der Waals surface area contributed by atoms with Crippen molar-refractivity contribution in [2.24, 2.45) is 0 Å². The van der Waals surface area contributed by atoms with Crippen LogP contribution in [0.5, 0.6) is 0 Å².